The maximum absolute atomic E-state index is 14.0. The Balaban J connectivity index is 1.14. The molecule has 6 aromatic rings. The Labute approximate surface area is 277 Å². The smallest absolute Gasteiger partial charge is 0.272 e. The van der Waals surface area contributed by atoms with Gasteiger partial charge in [-0.1, -0.05) is 42.5 Å². The van der Waals surface area contributed by atoms with Gasteiger partial charge in [-0.15, -0.1) is 0 Å². The fourth-order valence-electron chi connectivity index (χ4n) is 5.90. The summed E-state index contributed by atoms with van der Waals surface area (Å²) in [6.45, 7) is 2.00. The number of para-hydroxylation sites is 1. The number of anilines is 1. The van der Waals surface area contributed by atoms with Crippen LogP contribution in [0.2, 0.25) is 0 Å². The SMILES string of the molecule is COc1ccc(-c2cc(C(=O)N3CCN(C(=O)c4ccccc4NCc4ccco4)CC3)nc3cc(-c4ccccc4)nn23)cc1OC. The van der Waals surface area contributed by atoms with Gasteiger partial charge in [-0.25, -0.2) is 9.50 Å². The first-order chi connectivity index (χ1) is 23.5. The first kappa shape index (κ1) is 30.5. The molecular weight excluding hydrogens is 608 g/mol. The maximum Gasteiger partial charge on any atom is 0.272 e. The molecule has 0 spiro atoms. The third-order valence-electron chi connectivity index (χ3n) is 8.44. The van der Waals surface area contributed by atoms with Crippen molar-refractivity contribution in [2.24, 2.45) is 0 Å². The van der Waals surface area contributed by atoms with Crippen LogP contribution in [-0.2, 0) is 6.54 Å². The molecule has 48 heavy (non-hydrogen) atoms. The number of piperazine rings is 1. The molecule has 0 bridgehead atoms. The van der Waals surface area contributed by atoms with Gasteiger partial charge in [-0.2, -0.15) is 5.10 Å². The molecule has 2 amide bonds. The Hall–Kier alpha value is -6.10. The second kappa shape index (κ2) is 13.3. The van der Waals surface area contributed by atoms with Gasteiger partial charge in [0.1, 0.15) is 11.5 Å². The molecule has 11 heteroatoms. The molecule has 0 atom stereocenters. The van der Waals surface area contributed by atoms with Crippen LogP contribution in [0.1, 0.15) is 26.6 Å². The van der Waals surface area contributed by atoms with E-state index in [2.05, 4.69) is 5.32 Å². The van der Waals surface area contributed by atoms with Crippen molar-refractivity contribution in [2.45, 2.75) is 6.54 Å². The summed E-state index contributed by atoms with van der Waals surface area (Å²) in [6.07, 6.45) is 1.62. The summed E-state index contributed by atoms with van der Waals surface area (Å²) in [5, 5.41) is 8.17. The minimum atomic E-state index is -0.214. The average Bonchev–Trinajstić information content (AvgIpc) is 3.84. The number of methoxy groups -OCH3 is 2. The number of ether oxygens (including phenoxy) is 2. The van der Waals surface area contributed by atoms with Crippen LogP contribution in [0.5, 0.6) is 11.5 Å². The summed E-state index contributed by atoms with van der Waals surface area (Å²) in [5.74, 6) is 1.62. The van der Waals surface area contributed by atoms with Crippen LogP contribution in [0.15, 0.2) is 108 Å². The second-order valence-electron chi connectivity index (χ2n) is 11.3. The number of carbonyl (C=O) groups is 2. The largest absolute Gasteiger partial charge is 0.493 e. The number of fused-ring (bicyclic) bond motifs is 1. The molecule has 0 radical (unpaired) electrons. The Kier molecular flexibility index (Phi) is 8.48. The predicted octanol–water partition coefficient (Wildman–Crippen LogP) is 5.88. The van der Waals surface area contributed by atoms with Gasteiger partial charge in [0.2, 0.25) is 0 Å². The summed E-state index contributed by atoms with van der Waals surface area (Å²) >= 11 is 0. The van der Waals surface area contributed by atoms with Gasteiger partial charge in [0.15, 0.2) is 17.1 Å². The van der Waals surface area contributed by atoms with Crippen molar-refractivity contribution in [1.82, 2.24) is 24.4 Å². The number of aromatic nitrogens is 3. The molecule has 1 aliphatic heterocycles. The first-order valence-corrected chi connectivity index (χ1v) is 15.6. The zero-order chi connectivity index (χ0) is 33.0. The molecule has 242 valence electrons. The molecule has 1 aliphatic rings. The van der Waals surface area contributed by atoms with E-state index in [9.17, 15) is 9.59 Å². The van der Waals surface area contributed by atoms with Crippen LogP contribution in [-0.4, -0.2) is 76.6 Å². The summed E-state index contributed by atoms with van der Waals surface area (Å²) in [5.41, 5.74) is 5.27. The Morgan fingerprint density at radius 1 is 0.771 bits per heavy atom. The fourth-order valence-corrected chi connectivity index (χ4v) is 5.90. The van der Waals surface area contributed by atoms with E-state index in [1.54, 1.807) is 40.9 Å². The van der Waals surface area contributed by atoms with Gasteiger partial charge in [0, 0.05) is 49.1 Å². The highest BCUT2D eigenvalue weighted by Gasteiger charge is 2.28. The lowest BCUT2D eigenvalue weighted by atomic mass is 10.1. The van der Waals surface area contributed by atoms with Crippen LogP contribution in [0.3, 0.4) is 0 Å². The van der Waals surface area contributed by atoms with Gasteiger partial charge in [0.05, 0.1) is 44.0 Å². The highest BCUT2D eigenvalue weighted by molar-refractivity contribution is 6.00. The van der Waals surface area contributed by atoms with Gasteiger partial charge >= 0.3 is 0 Å². The number of rotatable bonds is 9. The number of nitrogens with one attached hydrogen (secondary N) is 1. The third kappa shape index (κ3) is 6.05. The van der Waals surface area contributed by atoms with Crippen molar-refractivity contribution >= 4 is 23.1 Å². The van der Waals surface area contributed by atoms with Crippen molar-refractivity contribution in [3.8, 4) is 34.0 Å². The molecule has 3 aromatic heterocycles. The Morgan fingerprint density at radius 3 is 2.23 bits per heavy atom. The van der Waals surface area contributed by atoms with E-state index < -0.39 is 0 Å². The maximum atomic E-state index is 14.0. The lowest BCUT2D eigenvalue weighted by molar-refractivity contribution is 0.0533. The van der Waals surface area contributed by atoms with Crippen molar-refractivity contribution in [2.75, 3.05) is 45.7 Å². The fraction of sp³-hybridized carbons (Fsp3) is 0.189. The molecule has 1 fully saturated rings. The molecule has 1 N–H and O–H groups in total. The normalized spacial score (nSPS) is 13.0. The minimum absolute atomic E-state index is 0.0902. The van der Waals surface area contributed by atoms with E-state index in [4.69, 9.17) is 24.0 Å². The summed E-state index contributed by atoms with van der Waals surface area (Å²) in [6, 6.07) is 30.2. The van der Waals surface area contributed by atoms with Crippen LogP contribution in [0, 0.1) is 0 Å². The Morgan fingerprint density at radius 2 is 1.50 bits per heavy atom. The average molecular weight is 643 g/mol. The van der Waals surface area contributed by atoms with E-state index in [0.29, 0.717) is 66.8 Å². The van der Waals surface area contributed by atoms with E-state index in [1.165, 1.54) is 0 Å². The number of hydrogen-bond donors (Lipinski definition) is 1. The number of furan rings is 1. The van der Waals surface area contributed by atoms with Crippen molar-refractivity contribution in [3.63, 3.8) is 0 Å². The highest BCUT2D eigenvalue weighted by Crippen LogP contribution is 2.33. The summed E-state index contributed by atoms with van der Waals surface area (Å²) < 4.78 is 18.2. The van der Waals surface area contributed by atoms with E-state index >= 15 is 0 Å². The third-order valence-corrected chi connectivity index (χ3v) is 8.44. The molecule has 0 saturated carbocycles. The standard InChI is InChI=1S/C37H34N6O5/c1-46-33-15-14-26(21-34(33)47-2)32-22-31(39-35-23-30(40-43(32)35)25-9-4-3-5-10-25)37(45)42-18-16-41(17-19-42)36(44)28-12-6-7-13-29(28)38-24-27-11-8-20-48-27/h3-15,20-23,38H,16-19,24H2,1-2H3. The van der Waals surface area contributed by atoms with Gasteiger partial charge < -0.3 is 29.0 Å². The van der Waals surface area contributed by atoms with Crippen LogP contribution < -0.4 is 14.8 Å². The van der Waals surface area contributed by atoms with Crippen LogP contribution >= 0.6 is 0 Å². The van der Waals surface area contributed by atoms with Crippen LogP contribution in [0.4, 0.5) is 5.69 Å². The number of amides is 2. The molecular formula is C37H34N6O5. The molecule has 11 nitrogen and oxygen atoms in total. The molecule has 0 unspecified atom stereocenters. The second-order valence-corrected chi connectivity index (χ2v) is 11.3. The lowest BCUT2D eigenvalue weighted by Crippen LogP contribution is -2.50. The highest BCUT2D eigenvalue weighted by atomic mass is 16.5. The predicted molar refractivity (Wildman–Crippen MR) is 181 cm³/mol. The van der Waals surface area contributed by atoms with Crippen molar-refractivity contribution < 1.29 is 23.5 Å². The molecule has 7 rings (SSSR count). The Bertz CT molecular complexity index is 2070. The molecule has 4 heterocycles. The number of hydrogen-bond acceptors (Lipinski definition) is 8. The van der Waals surface area contributed by atoms with E-state index in [1.807, 2.05) is 91.0 Å². The number of benzene rings is 3. The zero-order valence-electron chi connectivity index (χ0n) is 26.6. The number of nitrogens with zero attached hydrogens (tertiary/aromatic N) is 5. The monoisotopic (exact) mass is 642 g/mol. The van der Waals surface area contributed by atoms with E-state index in [-0.39, 0.29) is 11.8 Å². The quantitative estimate of drug-likeness (QED) is 0.208. The summed E-state index contributed by atoms with van der Waals surface area (Å²) in [4.78, 5) is 35.9. The molecule has 1 saturated heterocycles. The summed E-state index contributed by atoms with van der Waals surface area (Å²) in [7, 11) is 3.17. The number of carbonyl (C=O) groups excluding carboxylic acids is 2. The lowest BCUT2D eigenvalue weighted by Gasteiger charge is -2.35. The first-order valence-electron chi connectivity index (χ1n) is 15.6. The molecule has 3 aromatic carbocycles. The van der Waals surface area contributed by atoms with Crippen molar-refractivity contribution in [1.29, 1.82) is 0 Å². The molecule has 0 aliphatic carbocycles. The minimum Gasteiger partial charge on any atom is -0.493 e. The van der Waals surface area contributed by atoms with Gasteiger partial charge in [0.25, 0.3) is 11.8 Å². The topological polar surface area (TPSA) is 114 Å². The van der Waals surface area contributed by atoms with Crippen LogP contribution in [0.25, 0.3) is 28.2 Å². The van der Waals surface area contributed by atoms with E-state index in [0.717, 1.165) is 28.3 Å². The zero-order valence-corrected chi connectivity index (χ0v) is 26.6. The van der Waals surface area contributed by atoms with Gasteiger partial charge in [-0.3, -0.25) is 9.59 Å². The van der Waals surface area contributed by atoms with Crippen molar-refractivity contribution in [3.05, 3.63) is 120 Å². The van der Waals surface area contributed by atoms with Gasteiger partial charge in [-0.05, 0) is 48.5 Å².